The molecule has 118 valence electrons. The maximum absolute atomic E-state index is 12.9. The lowest BCUT2D eigenvalue weighted by molar-refractivity contribution is -0.138. The van der Waals surface area contributed by atoms with E-state index in [4.69, 9.17) is 0 Å². The highest BCUT2D eigenvalue weighted by Crippen LogP contribution is 2.20. The predicted molar refractivity (Wildman–Crippen MR) is 83.7 cm³/mol. The predicted octanol–water partition coefficient (Wildman–Crippen LogP) is 3.32. The average molecular weight is 323 g/mol. The lowest BCUT2D eigenvalue weighted by Gasteiger charge is -2.12. The maximum atomic E-state index is 12.9. The number of carbonyl (C=O) groups is 1. The van der Waals surface area contributed by atoms with E-state index in [1.54, 1.807) is 12.1 Å². The fourth-order valence-corrected chi connectivity index (χ4v) is 2.80. The first-order chi connectivity index (χ1) is 10.6. The van der Waals surface area contributed by atoms with Crippen LogP contribution in [0.2, 0.25) is 0 Å². The number of rotatable bonds is 8. The number of nitrogens with zero attached hydrogens (tertiary/aromatic N) is 2. The van der Waals surface area contributed by atoms with E-state index in [2.05, 4.69) is 15.5 Å². The molecule has 0 aliphatic carbocycles. The number of aliphatic carboxylic acids is 1. The van der Waals surface area contributed by atoms with Gasteiger partial charge in [0.1, 0.15) is 16.9 Å². The minimum atomic E-state index is -0.885. The molecule has 1 aromatic heterocycles. The molecule has 0 bridgehead atoms. The van der Waals surface area contributed by atoms with E-state index in [1.807, 2.05) is 6.92 Å². The fraction of sp³-hybridized carbons (Fsp3) is 0.400. The van der Waals surface area contributed by atoms with E-state index >= 15 is 0 Å². The zero-order valence-electron chi connectivity index (χ0n) is 12.3. The van der Waals surface area contributed by atoms with Crippen molar-refractivity contribution in [3.8, 4) is 0 Å². The van der Waals surface area contributed by atoms with E-state index < -0.39 is 12.0 Å². The van der Waals surface area contributed by atoms with Gasteiger partial charge < -0.3 is 10.4 Å². The molecule has 0 radical (unpaired) electrons. The van der Waals surface area contributed by atoms with Crippen LogP contribution in [-0.2, 0) is 11.2 Å². The van der Waals surface area contributed by atoms with Gasteiger partial charge in [-0.3, -0.25) is 0 Å². The van der Waals surface area contributed by atoms with Crippen LogP contribution in [0.25, 0.3) is 0 Å². The molecule has 0 saturated carbocycles. The molecule has 0 unspecified atom stereocenters. The topological polar surface area (TPSA) is 75.1 Å². The molecule has 0 aliphatic heterocycles. The molecule has 0 saturated heterocycles. The smallest absolute Gasteiger partial charge is 0.326 e. The Bertz CT molecular complexity index is 616. The molecule has 0 fully saturated rings. The molecule has 0 spiro atoms. The Morgan fingerprint density at radius 2 is 2.09 bits per heavy atom. The van der Waals surface area contributed by atoms with Gasteiger partial charge in [-0.15, -0.1) is 10.2 Å². The number of hydrogen-bond acceptors (Lipinski definition) is 5. The van der Waals surface area contributed by atoms with Crippen molar-refractivity contribution in [2.24, 2.45) is 0 Å². The summed E-state index contributed by atoms with van der Waals surface area (Å²) in [5, 5.41) is 21.4. The van der Waals surface area contributed by atoms with Gasteiger partial charge in [-0.2, -0.15) is 0 Å². The molecular weight excluding hydrogens is 305 g/mol. The molecule has 2 aromatic rings. The Balaban J connectivity index is 1.98. The van der Waals surface area contributed by atoms with E-state index in [9.17, 15) is 14.3 Å². The maximum Gasteiger partial charge on any atom is 0.326 e. The summed E-state index contributed by atoms with van der Waals surface area (Å²) in [4.78, 5) is 11.2. The number of halogens is 1. The minimum absolute atomic E-state index is 0.274. The van der Waals surface area contributed by atoms with Crippen molar-refractivity contribution in [3.63, 3.8) is 0 Å². The van der Waals surface area contributed by atoms with Gasteiger partial charge in [0.2, 0.25) is 5.13 Å². The molecule has 0 aliphatic rings. The van der Waals surface area contributed by atoms with Crippen LogP contribution in [0.4, 0.5) is 9.52 Å². The molecule has 1 aromatic carbocycles. The summed E-state index contributed by atoms with van der Waals surface area (Å²) in [7, 11) is 0. The number of unbranched alkanes of at least 4 members (excludes halogenated alkanes) is 1. The molecule has 1 atom stereocenters. The molecule has 5 nitrogen and oxygen atoms in total. The Hall–Kier alpha value is -2.02. The first kappa shape index (κ1) is 16.4. The van der Waals surface area contributed by atoms with Crippen LogP contribution >= 0.6 is 11.3 Å². The standard InChI is InChI=1S/C15H18FN3O2S/c1-2-3-4-12(14(20)21)17-15-19-18-13(22-15)9-10-5-7-11(16)8-6-10/h5-8,12H,2-4,9H2,1H3,(H,17,19)(H,20,21)/t12-/m0/s1. The molecule has 22 heavy (non-hydrogen) atoms. The third kappa shape index (κ3) is 4.77. The second-order valence-electron chi connectivity index (χ2n) is 4.98. The van der Waals surface area contributed by atoms with Crippen LogP contribution in [-0.4, -0.2) is 27.3 Å². The highest BCUT2D eigenvalue weighted by molar-refractivity contribution is 7.15. The average Bonchev–Trinajstić information content (AvgIpc) is 2.93. The Morgan fingerprint density at radius 3 is 2.73 bits per heavy atom. The zero-order chi connectivity index (χ0) is 15.9. The SMILES string of the molecule is CCCC[C@H](Nc1nnc(Cc2ccc(F)cc2)s1)C(=O)O. The lowest BCUT2D eigenvalue weighted by Crippen LogP contribution is -2.29. The third-order valence-electron chi connectivity index (χ3n) is 3.18. The minimum Gasteiger partial charge on any atom is -0.480 e. The summed E-state index contributed by atoms with van der Waals surface area (Å²) in [6.45, 7) is 2.02. The summed E-state index contributed by atoms with van der Waals surface area (Å²) < 4.78 is 12.9. The molecular formula is C15H18FN3O2S. The second-order valence-corrected chi connectivity index (χ2v) is 6.04. The van der Waals surface area contributed by atoms with Crippen LogP contribution in [0.15, 0.2) is 24.3 Å². The molecule has 2 rings (SSSR count). The number of carboxylic acids is 1. The van der Waals surface area contributed by atoms with Crippen LogP contribution in [0.1, 0.15) is 36.8 Å². The van der Waals surface area contributed by atoms with Gasteiger partial charge in [0.25, 0.3) is 0 Å². The molecule has 0 amide bonds. The number of nitrogens with one attached hydrogen (secondary N) is 1. The summed E-state index contributed by atoms with van der Waals surface area (Å²) in [6, 6.07) is 5.56. The number of anilines is 1. The highest BCUT2D eigenvalue weighted by atomic mass is 32.1. The Labute approximate surface area is 132 Å². The van der Waals surface area contributed by atoms with Crippen molar-refractivity contribution in [1.29, 1.82) is 0 Å². The molecule has 2 N–H and O–H groups in total. The Morgan fingerprint density at radius 1 is 1.36 bits per heavy atom. The van der Waals surface area contributed by atoms with Gasteiger partial charge in [0, 0.05) is 6.42 Å². The summed E-state index contributed by atoms with van der Waals surface area (Å²) in [5.74, 6) is -1.16. The van der Waals surface area contributed by atoms with Crippen LogP contribution in [0.5, 0.6) is 0 Å². The van der Waals surface area contributed by atoms with Crippen molar-refractivity contribution in [1.82, 2.24) is 10.2 Å². The van der Waals surface area contributed by atoms with Crippen LogP contribution in [0.3, 0.4) is 0 Å². The van der Waals surface area contributed by atoms with Gasteiger partial charge in [0.05, 0.1) is 0 Å². The first-order valence-electron chi connectivity index (χ1n) is 7.14. The van der Waals surface area contributed by atoms with Gasteiger partial charge >= 0.3 is 5.97 Å². The van der Waals surface area contributed by atoms with Crippen molar-refractivity contribution in [2.75, 3.05) is 5.32 Å². The summed E-state index contributed by atoms with van der Waals surface area (Å²) in [5.41, 5.74) is 0.935. The molecule has 1 heterocycles. The number of carboxylic acid groups (broad SMARTS) is 1. The quantitative estimate of drug-likeness (QED) is 0.779. The summed E-state index contributed by atoms with van der Waals surface area (Å²) >= 11 is 1.32. The van der Waals surface area contributed by atoms with E-state index in [0.717, 1.165) is 23.4 Å². The van der Waals surface area contributed by atoms with Gasteiger partial charge in [-0.25, -0.2) is 9.18 Å². The van der Waals surface area contributed by atoms with E-state index in [-0.39, 0.29) is 5.82 Å². The second kappa shape index (κ2) is 7.84. The van der Waals surface area contributed by atoms with Crippen LogP contribution in [0, 0.1) is 5.82 Å². The summed E-state index contributed by atoms with van der Waals surface area (Å²) in [6.07, 6.45) is 2.88. The van der Waals surface area contributed by atoms with Crippen molar-refractivity contribution >= 4 is 22.4 Å². The number of benzene rings is 1. The first-order valence-corrected chi connectivity index (χ1v) is 7.96. The van der Waals surface area contributed by atoms with E-state index in [0.29, 0.717) is 18.0 Å². The van der Waals surface area contributed by atoms with Gasteiger partial charge in [-0.1, -0.05) is 43.2 Å². The number of aromatic nitrogens is 2. The van der Waals surface area contributed by atoms with Gasteiger partial charge in [0.15, 0.2) is 0 Å². The Kier molecular flexibility index (Phi) is 5.83. The van der Waals surface area contributed by atoms with Crippen molar-refractivity contribution < 1.29 is 14.3 Å². The number of hydrogen-bond donors (Lipinski definition) is 2. The largest absolute Gasteiger partial charge is 0.480 e. The fourth-order valence-electron chi connectivity index (χ4n) is 1.97. The normalized spacial score (nSPS) is 12.1. The lowest BCUT2D eigenvalue weighted by atomic mass is 10.1. The van der Waals surface area contributed by atoms with Gasteiger partial charge in [-0.05, 0) is 24.1 Å². The van der Waals surface area contributed by atoms with E-state index in [1.165, 1.54) is 23.5 Å². The third-order valence-corrected chi connectivity index (χ3v) is 4.03. The molecule has 7 heteroatoms. The van der Waals surface area contributed by atoms with Crippen molar-refractivity contribution in [3.05, 3.63) is 40.7 Å². The monoisotopic (exact) mass is 323 g/mol. The zero-order valence-corrected chi connectivity index (χ0v) is 13.1. The van der Waals surface area contributed by atoms with Crippen molar-refractivity contribution in [2.45, 2.75) is 38.6 Å². The van der Waals surface area contributed by atoms with Crippen LogP contribution < -0.4 is 5.32 Å². The highest BCUT2D eigenvalue weighted by Gasteiger charge is 2.18.